The third-order valence-electron chi connectivity index (χ3n) is 2.14. The summed E-state index contributed by atoms with van der Waals surface area (Å²) in [5, 5.41) is 9.04. The summed E-state index contributed by atoms with van der Waals surface area (Å²) >= 11 is 5.72. The van der Waals surface area contributed by atoms with E-state index in [0.717, 1.165) is 5.82 Å². The van der Waals surface area contributed by atoms with Crippen molar-refractivity contribution in [3.63, 3.8) is 0 Å². The Morgan fingerprint density at radius 2 is 2.25 bits per heavy atom. The molecule has 6 heteroatoms. The lowest BCUT2D eigenvalue weighted by atomic mass is 10.2. The van der Waals surface area contributed by atoms with E-state index in [1.165, 1.54) is 12.3 Å². The molecule has 0 fully saturated rings. The van der Waals surface area contributed by atoms with Gasteiger partial charge >= 0.3 is 5.97 Å². The fourth-order valence-electron chi connectivity index (χ4n) is 1.34. The molecule has 1 N–H and O–H groups in total. The molecule has 0 saturated carbocycles. The van der Waals surface area contributed by atoms with Crippen molar-refractivity contribution in [1.29, 1.82) is 0 Å². The largest absolute Gasteiger partial charge is 0.478 e. The number of nitrogens with zero attached hydrogens (tertiary/aromatic N) is 3. The molecule has 0 spiro atoms. The van der Waals surface area contributed by atoms with Crippen molar-refractivity contribution in [1.82, 2.24) is 14.5 Å². The Kier molecular flexibility index (Phi) is 2.62. The van der Waals surface area contributed by atoms with Gasteiger partial charge in [0.05, 0.1) is 10.6 Å². The number of aryl methyl sites for hydroxylation is 1. The predicted octanol–water partition coefficient (Wildman–Crippen LogP) is 1.93. The number of imidazole rings is 1. The van der Waals surface area contributed by atoms with E-state index in [0.29, 0.717) is 5.82 Å². The van der Waals surface area contributed by atoms with Crippen LogP contribution >= 0.6 is 11.6 Å². The minimum atomic E-state index is -1.08. The number of pyridine rings is 1. The molecule has 0 aliphatic heterocycles. The minimum Gasteiger partial charge on any atom is -0.478 e. The van der Waals surface area contributed by atoms with Crippen LogP contribution in [-0.4, -0.2) is 25.6 Å². The molecule has 0 bridgehead atoms. The third kappa shape index (κ3) is 1.77. The maximum absolute atomic E-state index is 10.9. The molecule has 16 heavy (non-hydrogen) atoms. The highest BCUT2D eigenvalue weighted by Crippen LogP contribution is 2.18. The average Bonchev–Trinajstić information content (AvgIpc) is 2.65. The highest BCUT2D eigenvalue weighted by atomic mass is 35.5. The predicted molar refractivity (Wildman–Crippen MR) is 58.1 cm³/mol. The van der Waals surface area contributed by atoms with Gasteiger partial charge in [0.1, 0.15) is 11.6 Å². The number of rotatable bonds is 2. The van der Waals surface area contributed by atoms with Crippen molar-refractivity contribution >= 4 is 17.6 Å². The highest BCUT2D eigenvalue weighted by molar-refractivity contribution is 6.33. The fourth-order valence-corrected chi connectivity index (χ4v) is 1.53. The molecule has 2 heterocycles. The van der Waals surface area contributed by atoms with Crippen molar-refractivity contribution in [2.24, 2.45) is 0 Å². The number of carboxylic acid groups (broad SMARTS) is 1. The second kappa shape index (κ2) is 3.94. The van der Waals surface area contributed by atoms with Crippen LogP contribution in [-0.2, 0) is 0 Å². The Hall–Kier alpha value is -1.88. The van der Waals surface area contributed by atoms with Crippen molar-refractivity contribution in [3.05, 3.63) is 41.1 Å². The van der Waals surface area contributed by atoms with Gasteiger partial charge in [0.2, 0.25) is 0 Å². The summed E-state index contributed by atoms with van der Waals surface area (Å²) in [6.07, 6.45) is 4.64. The van der Waals surface area contributed by atoms with Gasteiger partial charge in [0, 0.05) is 18.6 Å². The Labute approximate surface area is 96.3 Å². The van der Waals surface area contributed by atoms with E-state index >= 15 is 0 Å². The summed E-state index contributed by atoms with van der Waals surface area (Å²) in [6, 6.07) is 1.42. The van der Waals surface area contributed by atoms with E-state index in [1.807, 2.05) is 0 Å². The molecule has 0 radical (unpaired) electrons. The van der Waals surface area contributed by atoms with Crippen molar-refractivity contribution in [3.8, 4) is 5.82 Å². The smallest absolute Gasteiger partial charge is 0.337 e. The Bertz CT molecular complexity index is 551. The lowest BCUT2D eigenvalue weighted by Crippen LogP contribution is -2.04. The van der Waals surface area contributed by atoms with Crippen molar-refractivity contribution in [2.75, 3.05) is 0 Å². The van der Waals surface area contributed by atoms with Gasteiger partial charge in [-0.2, -0.15) is 0 Å². The maximum Gasteiger partial charge on any atom is 0.337 e. The van der Waals surface area contributed by atoms with Gasteiger partial charge in [0.25, 0.3) is 0 Å². The molecule has 2 rings (SSSR count). The van der Waals surface area contributed by atoms with E-state index in [2.05, 4.69) is 9.97 Å². The molecule has 2 aromatic rings. The molecule has 5 nitrogen and oxygen atoms in total. The normalized spacial score (nSPS) is 10.4. The van der Waals surface area contributed by atoms with Gasteiger partial charge in [-0.1, -0.05) is 11.6 Å². The van der Waals surface area contributed by atoms with Crippen LogP contribution in [0.15, 0.2) is 24.7 Å². The van der Waals surface area contributed by atoms with Crippen LogP contribution in [0.1, 0.15) is 16.2 Å². The van der Waals surface area contributed by atoms with E-state index in [-0.39, 0.29) is 10.6 Å². The van der Waals surface area contributed by atoms with Crippen LogP contribution in [0, 0.1) is 6.92 Å². The first kappa shape index (κ1) is 10.6. The Balaban J connectivity index is 2.56. The topological polar surface area (TPSA) is 68.0 Å². The van der Waals surface area contributed by atoms with Crippen molar-refractivity contribution < 1.29 is 9.90 Å². The first-order valence-corrected chi connectivity index (χ1v) is 4.86. The molecule has 0 unspecified atom stereocenters. The van der Waals surface area contributed by atoms with E-state index in [9.17, 15) is 4.79 Å². The van der Waals surface area contributed by atoms with Crippen LogP contribution < -0.4 is 0 Å². The minimum absolute atomic E-state index is 0.0276. The van der Waals surface area contributed by atoms with Crippen molar-refractivity contribution in [2.45, 2.75) is 6.92 Å². The second-order valence-corrected chi connectivity index (χ2v) is 3.58. The molecular formula is C10H8ClN3O2. The van der Waals surface area contributed by atoms with E-state index in [1.54, 1.807) is 23.9 Å². The van der Waals surface area contributed by atoms with Gasteiger partial charge in [-0.15, -0.1) is 0 Å². The third-order valence-corrected chi connectivity index (χ3v) is 2.45. The number of aromatic carboxylic acids is 1. The lowest BCUT2D eigenvalue weighted by molar-refractivity contribution is 0.0697. The van der Waals surface area contributed by atoms with Crippen LogP contribution in [0.3, 0.4) is 0 Å². The number of halogens is 1. The standard InChI is InChI=1S/C10H8ClN3O2/c1-6-12-2-3-14(6)9-4-7(10(15)16)8(11)5-13-9/h2-5H,1H3,(H,15,16). The number of hydrogen-bond donors (Lipinski definition) is 1. The van der Waals surface area contributed by atoms with Crippen LogP contribution in [0.5, 0.6) is 0 Å². The molecule has 82 valence electrons. The lowest BCUT2D eigenvalue weighted by Gasteiger charge is -2.05. The van der Waals surface area contributed by atoms with Gasteiger partial charge in [-0.25, -0.2) is 14.8 Å². The van der Waals surface area contributed by atoms with Gasteiger partial charge < -0.3 is 5.11 Å². The summed E-state index contributed by atoms with van der Waals surface area (Å²) in [5.41, 5.74) is 0.0276. The summed E-state index contributed by atoms with van der Waals surface area (Å²) in [7, 11) is 0. The number of carboxylic acids is 1. The number of hydrogen-bond acceptors (Lipinski definition) is 3. The molecule has 0 aliphatic rings. The first-order chi connectivity index (χ1) is 7.59. The summed E-state index contributed by atoms with van der Waals surface area (Å²) in [6.45, 7) is 1.80. The zero-order valence-corrected chi connectivity index (χ0v) is 9.14. The maximum atomic E-state index is 10.9. The molecule has 0 aromatic carbocycles. The molecular weight excluding hydrogens is 230 g/mol. The van der Waals surface area contributed by atoms with Crippen LogP contribution in [0.2, 0.25) is 5.02 Å². The molecule has 0 atom stereocenters. The molecule has 0 aliphatic carbocycles. The summed E-state index contributed by atoms with van der Waals surface area (Å²) < 4.78 is 1.68. The van der Waals surface area contributed by atoms with E-state index < -0.39 is 5.97 Å². The monoisotopic (exact) mass is 237 g/mol. The first-order valence-electron chi connectivity index (χ1n) is 4.49. The van der Waals surface area contributed by atoms with E-state index in [4.69, 9.17) is 16.7 Å². The summed E-state index contributed by atoms with van der Waals surface area (Å²) in [5.74, 6) is 0.134. The highest BCUT2D eigenvalue weighted by Gasteiger charge is 2.11. The van der Waals surface area contributed by atoms with Gasteiger partial charge in [-0.3, -0.25) is 4.57 Å². The average molecular weight is 238 g/mol. The van der Waals surface area contributed by atoms with Gasteiger partial charge in [0.15, 0.2) is 0 Å². The SMILES string of the molecule is Cc1nccn1-c1cc(C(=O)O)c(Cl)cn1. The molecule has 2 aromatic heterocycles. The zero-order valence-electron chi connectivity index (χ0n) is 8.38. The molecule has 0 saturated heterocycles. The second-order valence-electron chi connectivity index (χ2n) is 3.17. The fraction of sp³-hybridized carbons (Fsp3) is 0.100. The number of carbonyl (C=O) groups is 1. The van der Waals surface area contributed by atoms with Gasteiger partial charge in [-0.05, 0) is 13.0 Å². The quantitative estimate of drug-likeness (QED) is 0.867. The zero-order chi connectivity index (χ0) is 11.7. The summed E-state index contributed by atoms with van der Waals surface area (Å²) in [4.78, 5) is 19.0. The van der Waals surface area contributed by atoms with Crippen LogP contribution in [0.25, 0.3) is 5.82 Å². The van der Waals surface area contributed by atoms with Crippen LogP contribution in [0.4, 0.5) is 0 Å². The Morgan fingerprint density at radius 3 is 2.81 bits per heavy atom. The molecule has 0 amide bonds. The number of aromatic nitrogens is 3. The Morgan fingerprint density at radius 1 is 1.50 bits per heavy atom.